The number of ether oxygens (including phenoxy) is 1. The molecule has 0 aliphatic rings. The molecule has 0 saturated heterocycles. The van der Waals surface area contributed by atoms with Crippen LogP contribution in [0.25, 0.3) is 10.8 Å². The fourth-order valence-electron chi connectivity index (χ4n) is 2.74. The van der Waals surface area contributed by atoms with Crippen LogP contribution in [0.15, 0.2) is 67.0 Å². The molecule has 0 spiro atoms. The molecule has 0 bridgehead atoms. The minimum Gasteiger partial charge on any atom is -0.481 e. The molecular formula is C20H18N2O4. The molecule has 2 N–H and O–H groups in total. The van der Waals surface area contributed by atoms with E-state index in [9.17, 15) is 14.7 Å². The standard InChI is InChI=1S/C20H18N2O4/c23-19(24)10-18(17-12-21-11-15-8-4-5-9-16(15)17)22-20(25)26-13-14-6-2-1-3-7-14/h1-9,11-12,18H,10,13H2,(H,22,25)(H,23,24)/t18-/m0/s1. The van der Waals surface area contributed by atoms with Gasteiger partial charge in [0.15, 0.2) is 0 Å². The molecule has 1 atom stereocenters. The van der Waals surface area contributed by atoms with Gasteiger partial charge in [0.2, 0.25) is 0 Å². The summed E-state index contributed by atoms with van der Waals surface area (Å²) in [5.74, 6) is -1.02. The monoisotopic (exact) mass is 350 g/mol. The summed E-state index contributed by atoms with van der Waals surface area (Å²) in [6, 6.07) is 16.0. The van der Waals surface area contributed by atoms with Crippen molar-refractivity contribution in [2.45, 2.75) is 19.1 Å². The highest BCUT2D eigenvalue weighted by Gasteiger charge is 2.21. The maximum atomic E-state index is 12.2. The Balaban J connectivity index is 1.77. The van der Waals surface area contributed by atoms with Gasteiger partial charge in [-0.25, -0.2) is 4.79 Å². The van der Waals surface area contributed by atoms with E-state index in [4.69, 9.17) is 4.74 Å². The lowest BCUT2D eigenvalue weighted by molar-refractivity contribution is -0.137. The van der Waals surface area contributed by atoms with Crippen LogP contribution in [-0.2, 0) is 16.1 Å². The van der Waals surface area contributed by atoms with E-state index in [1.54, 1.807) is 12.4 Å². The van der Waals surface area contributed by atoms with E-state index in [1.807, 2.05) is 54.6 Å². The number of hydrogen-bond acceptors (Lipinski definition) is 4. The third kappa shape index (κ3) is 4.36. The number of aromatic nitrogens is 1. The fourth-order valence-corrected chi connectivity index (χ4v) is 2.74. The molecule has 0 aliphatic carbocycles. The zero-order valence-electron chi connectivity index (χ0n) is 14.0. The van der Waals surface area contributed by atoms with E-state index in [0.717, 1.165) is 16.3 Å². The van der Waals surface area contributed by atoms with E-state index < -0.39 is 18.1 Å². The Bertz CT molecular complexity index is 907. The van der Waals surface area contributed by atoms with E-state index in [0.29, 0.717) is 5.56 Å². The molecule has 0 saturated carbocycles. The van der Waals surface area contributed by atoms with Crippen molar-refractivity contribution in [3.8, 4) is 0 Å². The van der Waals surface area contributed by atoms with Gasteiger partial charge in [-0.3, -0.25) is 9.78 Å². The number of hydrogen-bond donors (Lipinski definition) is 2. The van der Waals surface area contributed by atoms with Crippen LogP contribution in [0.5, 0.6) is 0 Å². The highest BCUT2D eigenvalue weighted by atomic mass is 16.5. The van der Waals surface area contributed by atoms with Crippen molar-refractivity contribution in [3.05, 3.63) is 78.1 Å². The van der Waals surface area contributed by atoms with Crippen LogP contribution >= 0.6 is 0 Å². The molecule has 1 heterocycles. The SMILES string of the molecule is O=C(O)C[C@H](NC(=O)OCc1ccccc1)c1cncc2ccccc12. The van der Waals surface area contributed by atoms with Crippen molar-refractivity contribution in [2.24, 2.45) is 0 Å². The Morgan fingerprint density at radius 2 is 1.77 bits per heavy atom. The normalized spacial score (nSPS) is 11.7. The number of aliphatic carboxylic acids is 1. The molecule has 132 valence electrons. The van der Waals surface area contributed by atoms with Crippen LogP contribution in [-0.4, -0.2) is 22.2 Å². The summed E-state index contributed by atoms with van der Waals surface area (Å²) in [6.45, 7) is 0.111. The summed E-state index contributed by atoms with van der Waals surface area (Å²) in [7, 11) is 0. The fraction of sp³-hybridized carbons (Fsp3) is 0.150. The molecule has 26 heavy (non-hydrogen) atoms. The lowest BCUT2D eigenvalue weighted by Gasteiger charge is -2.18. The van der Waals surface area contributed by atoms with Gasteiger partial charge < -0.3 is 15.2 Å². The van der Waals surface area contributed by atoms with Gasteiger partial charge in [0.1, 0.15) is 6.61 Å². The van der Waals surface area contributed by atoms with Crippen molar-refractivity contribution < 1.29 is 19.4 Å². The topological polar surface area (TPSA) is 88.5 Å². The summed E-state index contributed by atoms with van der Waals surface area (Å²) < 4.78 is 5.21. The molecule has 0 fully saturated rings. The lowest BCUT2D eigenvalue weighted by Crippen LogP contribution is -2.31. The Kier molecular flexibility index (Phi) is 5.43. The quantitative estimate of drug-likeness (QED) is 0.708. The minimum atomic E-state index is -1.02. The first-order chi connectivity index (χ1) is 12.6. The zero-order valence-corrected chi connectivity index (χ0v) is 14.0. The smallest absolute Gasteiger partial charge is 0.407 e. The molecule has 3 rings (SSSR count). The Labute approximate surface area is 150 Å². The van der Waals surface area contributed by atoms with Gasteiger partial charge >= 0.3 is 12.1 Å². The van der Waals surface area contributed by atoms with Gasteiger partial charge in [-0.1, -0.05) is 54.6 Å². The predicted molar refractivity (Wildman–Crippen MR) is 96.5 cm³/mol. The highest BCUT2D eigenvalue weighted by molar-refractivity contribution is 5.86. The van der Waals surface area contributed by atoms with Crippen LogP contribution in [0.2, 0.25) is 0 Å². The number of carbonyl (C=O) groups is 2. The summed E-state index contributed by atoms with van der Waals surface area (Å²) in [4.78, 5) is 27.6. The Morgan fingerprint density at radius 3 is 2.54 bits per heavy atom. The lowest BCUT2D eigenvalue weighted by atomic mass is 9.99. The number of nitrogens with one attached hydrogen (secondary N) is 1. The van der Waals surface area contributed by atoms with Gasteiger partial charge in [0, 0.05) is 23.3 Å². The van der Waals surface area contributed by atoms with Crippen LogP contribution < -0.4 is 5.32 Å². The van der Waals surface area contributed by atoms with Gasteiger partial charge in [0.05, 0.1) is 12.5 Å². The number of pyridine rings is 1. The van der Waals surface area contributed by atoms with Crippen molar-refractivity contribution >= 4 is 22.8 Å². The Hall–Kier alpha value is -3.41. The molecule has 0 aliphatic heterocycles. The van der Waals surface area contributed by atoms with Crippen LogP contribution in [0.4, 0.5) is 4.79 Å². The first-order valence-electron chi connectivity index (χ1n) is 8.15. The summed E-state index contributed by atoms with van der Waals surface area (Å²) in [6.07, 6.45) is 2.33. The number of amides is 1. The van der Waals surface area contributed by atoms with E-state index in [2.05, 4.69) is 10.3 Å². The molecule has 1 amide bonds. The number of nitrogens with zero attached hydrogens (tertiary/aromatic N) is 1. The second kappa shape index (κ2) is 8.11. The number of alkyl carbamates (subject to hydrolysis) is 1. The number of carboxylic acid groups (broad SMARTS) is 1. The van der Waals surface area contributed by atoms with Crippen LogP contribution in [0.1, 0.15) is 23.6 Å². The minimum absolute atomic E-state index is 0.111. The second-order valence-electron chi connectivity index (χ2n) is 5.81. The van der Waals surface area contributed by atoms with E-state index in [1.165, 1.54) is 0 Å². The maximum absolute atomic E-state index is 12.2. The van der Waals surface area contributed by atoms with Crippen molar-refractivity contribution in [3.63, 3.8) is 0 Å². The van der Waals surface area contributed by atoms with Gasteiger partial charge in [-0.05, 0) is 10.9 Å². The van der Waals surface area contributed by atoms with Gasteiger partial charge in [-0.15, -0.1) is 0 Å². The summed E-state index contributed by atoms with van der Waals surface area (Å²) in [5.41, 5.74) is 1.49. The third-order valence-electron chi connectivity index (χ3n) is 3.96. The molecule has 6 nitrogen and oxygen atoms in total. The summed E-state index contributed by atoms with van der Waals surface area (Å²) in [5, 5.41) is 13.6. The van der Waals surface area contributed by atoms with E-state index >= 15 is 0 Å². The largest absolute Gasteiger partial charge is 0.481 e. The zero-order chi connectivity index (χ0) is 18.4. The first-order valence-corrected chi connectivity index (χ1v) is 8.15. The number of rotatable bonds is 6. The van der Waals surface area contributed by atoms with E-state index in [-0.39, 0.29) is 13.0 Å². The van der Waals surface area contributed by atoms with Gasteiger partial charge in [-0.2, -0.15) is 0 Å². The number of fused-ring (bicyclic) bond motifs is 1. The molecular weight excluding hydrogens is 332 g/mol. The predicted octanol–water partition coefficient (Wildman–Crippen LogP) is 3.68. The molecule has 0 unspecified atom stereocenters. The summed E-state index contributed by atoms with van der Waals surface area (Å²) >= 11 is 0. The maximum Gasteiger partial charge on any atom is 0.407 e. The highest BCUT2D eigenvalue weighted by Crippen LogP contribution is 2.25. The molecule has 6 heteroatoms. The molecule has 1 aromatic heterocycles. The molecule has 3 aromatic rings. The number of carboxylic acids is 1. The van der Waals surface area contributed by atoms with Crippen LogP contribution in [0, 0.1) is 0 Å². The second-order valence-corrected chi connectivity index (χ2v) is 5.81. The molecule has 2 aromatic carbocycles. The van der Waals surface area contributed by atoms with Crippen molar-refractivity contribution in [1.29, 1.82) is 0 Å². The molecule has 0 radical (unpaired) electrons. The van der Waals surface area contributed by atoms with Crippen molar-refractivity contribution in [2.75, 3.05) is 0 Å². The average molecular weight is 350 g/mol. The average Bonchev–Trinajstić information content (AvgIpc) is 2.66. The van der Waals surface area contributed by atoms with Crippen LogP contribution in [0.3, 0.4) is 0 Å². The Morgan fingerprint density at radius 1 is 1.04 bits per heavy atom. The third-order valence-corrected chi connectivity index (χ3v) is 3.96. The van der Waals surface area contributed by atoms with Crippen molar-refractivity contribution in [1.82, 2.24) is 10.3 Å². The number of carbonyl (C=O) groups excluding carboxylic acids is 1. The number of benzene rings is 2. The first kappa shape index (κ1) is 17.4. The van der Waals surface area contributed by atoms with Gasteiger partial charge in [0.25, 0.3) is 0 Å².